The number of hydrogen-bond donors (Lipinski definition) is 1. The minimum Gasteiger partial charge on any atom is -0.379 e. The zero-order valence-electron chi connectivity index (χ0n) is 16.2. The van der Waals surface area contributed by atoms with Crippen LogP contribution in [-0.4, -0.2) is 76.0 Å². The molecule has 2 aliphatic heterocycles. The minimum atomic E-state index is -2.43. The van der Waals surface area contributed by atoms with E-state index in [1.165, 1.54) is 16.5 Å². The number of ether oxygens (including phenoxy) is 2. The van der Waals surface area contributed by atoms with Crippen LogP contribution in [0.15, 0.2) is 36.4 Å². The average Bonchev–Trinajstić information content (AvgIpc) is 2.73. The summed E-state index contributed by atoms with van der Waals surface area (Å²) in [6.07, 6.45) is 0. The van der Waals surface area contributed by atoms with Crippen molar-refractivity contribution in [2.45, 2.75) is 0 Å². The number of fused-ring (bicyclic) bond motifs is 1. The predicted molar refractivity (Wildman–Crippen MR) is 112 cm³/mol. The number of nitrogens with one attached hydrogen (secondary N) is 1. The predicted octanol–water partition coefficient (Wildman–Crippen LogP) is 2.81. The van der Waals surface area contributed by atoms with Gasteiger partial charge in [0.2, 0.25) is 0 Å². The Balaban J connectivity index is 1.90. The molecule has 7 heteroatoms. The minimum absolute atomic E-state index is 0.707. The third-order valence-electron chi connectivity index (χ3n) is 5.49. The standard InChI is InChI=1S/C20H29N4O2P/c1-22(2)19-7-8-20(18-6-4-3-5-17(18)19)27(21,23-9-13-25-14-10-23)24-11-15-26-16-12-24/h3-8,21H,9-16H2,1-2H3. The van der Waals surface area contributed by atoms with E-state index >= 15 is 0 Å². The van der Waals surface area contributed by atoms with E-state index in [1.54, 1.807) is 0 Å². The average molecular weight is 388 g/mol. The van der Waals surface area contributed by atoms with Crippen molar-refractivity contribution >= 4 is 29.1 Å². The highest BCUT2D eigenvalue weighted by Gasteiger charge is 2.37. The second-order valence-electron chi connectivity index (χ2n) is 7.28. The first-order chi connectivity index (χ1) is 13.1. The Morgan fingerprint density at radius 3 is 1.85 bits per heavy atom. The van der Waals surface area contributed by atoms with E-state index in [2.05, 4.69) is 64.7 Å². The Hall–Kier alpha value is -1.43. The Morgan fingerprint density at radius 2 is 1.33 bits per heavy atom. The molecular weight excluding hydrogens is 359 g/mol. The van der Waals surface area contributed by atoms with Crippen LogP contribution in [0.5, 0.6) is 0 Å². The molecule has 2 saturated heterocycles. The Labute approximate surface area is 161 Å². The molecule has 0 spiro atoms. The highest BCUT2D eigenvalue weighted by molar-refractivity contribution is 7.68. The fourth-order valence-corrected chi connectivity index (χ4v) is 7.36. The van der Waals surface area contributed by atoms with Crippen LogP contribution in [0.25, 0.3) is 10.8 Å². The van der Waals surface area contributed by atoms with Gasteiger partial charge < -0.3 is 14.4 Å². The molecule has 1 N–H and O–H groups in total. The van der Waals surface area contributed by atoms with Crippen molar-refractivity contribution in [3.05, 3.63) is 36.4 Å². The number of hydrogen-bond acceptors (Lipinski definition) is 4. The molecule has 27 heavy (non-hydrogen) atoms. The van der Waals surface area contributed by atoms with Crippen LogP contribution >= 0.6 is 7.36 Å². The van der Waals surface area contributed by atoms with Crippen LogP contribution < -0.4 is 10.2 Å². The van der Waals surface area contributed by atoms with Crippen molar-refractivity contribution < 1.29 is 9.47 Å². The lowest BCUT2D eigenvalue weighted by molar-refractivity contribution is 0.0575. The molecule has 0 saturated carbocycles. The molecule has 0 bridgehead atoms. The van der Waals surface area contributed by atoms with Crippen LogP contribution in [0.2, 0.25) is 0 Å². The number of rotatable bonds is 4. The van der Waals surface area contributed by atoms with Crippen LogP contribution in [0.3, 0.4) is 0 Å². The quantitative estimate of drug-likeness (QED) is 0.817. The Kier molecular flexibility index (Phi) is 5.53. The highest BCUT2D eigenvalue weighted by atomic mass is 31.2. The smallest absolute Gasteiger partial charge is 0.125 e. The molecule has 6 nitrogen and oxygen atoms in total. The van der Waals surface area contributed by atoms with Gasteiger partial charge in [0.25, 0.3) is 0 Å². The molecular formula is C20H29N4O2P. The molecule has 0 radical (unpaired) electrons. The van der Waals surface area contributed by atoms with Gasteiger partial charge in [0.15, 0.2) is 0 Å². The highest BCUT2D eigenvalue weighted by Crippen LogP contribution is 2.55. The van der Waals surface area contributed by atoms with Gasteiger partial charge >= 0.3 is 0 Å². The lowest BCUT2D eigenvalue weighted by Crippen LogP contribution is -2.46. The maximum atomic E-state index is 9.85. The summed E-state index contributed by atoms with van der Waals surface area (Å²) in [6, 6.07) is 12.9. The monoisotopic (exact) mass is 388 g/mol. The van der Waals surface area contributed by atoms with Crippen LogP contribution in [0.4, 0.5) is 5.69 Å². The summed E-state index contributed by atoms with van der Waals surface area (Å²) >= 11 is 0. The first-order valence-electron chi connectivity index (χ1n) is 9.62. The van der Waals surface area contributed by atoms with Gasteiger partial charge in [-0.1, -0.05) is 24.3 Å². The number of nitrogens with zero attached hydrogens (tertiary/aromatic N) is 3. The number of benzene rings is 2. The molecule has 2 fully saturated rings. The molecule has 0 aliphatic carbocycles. The van der Waals surface area contributed by atoms with E-state index in [1.807, 2.05) is 0 Å². The third kappa shape index (κ3) is 3.41. The van der Waals surface area contributed by atoms with E-state index in [9.17, 15) is 5.16 Å². The van der Waals surface area contributed by atoms with E-state index < -0.39 is 7.36 Å². The SMILES string of the molecule is CN(C)c1ccc(P(=N)(N2CCOCC2)N2CCOCC2)c2ccccc12. The normalized spacial score (nSPS) is 20.1. The van der Waals surface area contributed by atoms with Gasteiger partial charge in [-0.05, 0) is 17.5 Å². The van der Waals surface area contributed by atoms with Gasteiger partial charge in [0, 0.05) is 56.7 Å². The molecule has 2 aromatic rings. The number of anilines is 1. The summed E-state index contributed by atoms with van der Waals surface area (Å²) < 4.78 is 15.9. The van der Waals surface area contributed by atoms with E-state index in [0.29, 0.717) is 26.4 Å². The molecule has 4 rings (SSSR count). The van der Waals surface area contributed by atoms with Crippen molar-refractivity contribution in [3.8, 4) is 0 Å². The lowest BCUT2D eigenvalue weighted by atomic mass is 10.1. The zero-order chi connectivity index (χ0) is 18.9. The first kappa shape index (κ1) is 18.9. The molecule has 0 atom stereocenters. The van der Waals surface area contributed by atoms with E-state index in [0.717, 1.165) is 31.5 Å². The summed E-state index contributed by atoms with van der Waals surface area (Å²) in [5.74, 6) is 0. The fraction of sp³-hybridized carbons (Fsp3) is 0.500. The maximum Gasteiger partial charge on any atom is 0.125 e. The molecule has 146 valence electrons. The van der Waals surface area contributed by atoms with Crippen molar-refractivity contribution in [1.29, 1.82) is 5.16 Å². The van der Waals surface area contributed by atoms with Gasteiger partial charge in [-0.2, -0.15) is 0 Å². The number of morpholine rings is 2. The Morgan fingerprint density at radius 1 is 0.815 bits per heavy atom. The summed E-state index contributed by atoms with van der Waals surface area (Å²) in [4.78, 5) is 2.15. The summed E-state index contributed by atoms with van der Waals surface area (Å²) in [5, 5.41) is 13.4. The second-order valence-corrected chi connectivity index (χ2v) is 10.1. The molecule has 2 aliphatic rings. The van der Waals surface area contributed by atoms with Crippen molar-refractivity contribution in [3.63, 3.8) is 0 Å². The van der Waals surface area contributed by atoms with E-state index in [4.69, 9.17) is 9.47 Å². The second kappa shape index (κ2) is 7.90. The van der Waals surface area contributed by atoms with Crippen LogP contribution in [-0.2, 0) is 9.47 Å². The van der Waals surface area contributed by atoms with Crippen molar-refractivity contribution in [2.75, 3.05) is 71.6 Å². The largest absolute Gasteiger partial charge is 0.379 e. The molecule has 2 heterocycles. The van der Waals surface area contributed by atoms with Gasteiger partial charge in [-0.25, -0.2) is 9.34 Å². The summed E-state index contributed by atoms with van der Waals surface area (Å²) in [6.45, 7) is 6.10. The first-order valence-corrected chi connectivity index (χ1v) is 11.3. The molecule has 0 aromatic heterocycles. The van der Waals surface area contributed by atoms with Gasteiger partial charge in [0.05, 0.1) is 26.4 Å². The van der Waals surface area contributed by atoms with Crippen LogP contribution in [0.1, 0.15) is 0 Å². The van der Waals surface area contributed by atoms with Gasteiger partial charge in [-0.15, -0.1) is 0 Å². The third-order valence-corrected chi connectivity index (χ3v) is 8.99. The van der Waals surface area contributed by atoms with Crippen molar-refractivity contribution in [2.24, 2.45) is 0 Å². The van der Waals surface area contributed by atoms with E-state index in [-0.39, 0.29) is 0 Å². The fourth-order valence-electron chi connectivity index (χ4n) is 4.10. The Bertz CT molecular complexity index is 823. The summed E-state index contributed by atoms with van der Waals surface area (Å²) in [5.41, 5.74) is 1.20. The molecule has 2 aromatic carbocycles. The van der Waals surface area contributed by atoms with Crippen LogP contribution in [0, 0.1) is 5.16 Å². The summed E-state index contributed by atoms with van der Waals surface area (Å²) in [7, 11) is 1.73. The van der Waals surface area contributed by atoms with Crippen molar-refractivity contribution in [1.82, 2.24) is 9.34 Å². The maximum absolute atomic E-state index is 9.85. The van der Waals surface area contributed by atoms with Gasteiger partial charge in [-0.3, -0.25) is 5.16 Å². The van der Waals surface area contributed by atoms with Gasteiger partial charge in [0.1, 0.15) is 7.36 Å². The molecule has 0 amide bonds. The molecule has 0 unspecified atom stereocenters. The topological polar surface area (TPSA) is 52.0 Å². The zero-order valence-corrected chi connectivity index (χ0v) is 17.1. The lowest BCUT2D eigenvalue weighted by Gasteiger charge is -2.46.